The van der Waals surface area contributed by atoms with Crippen LogP contribution in [0.4, 0.5) is 0 Å². The minimum Gasteiger partial charge on any atom is -0.375 e. The van der Waals surface area contributed by atoms with Gasteiger partial charge in [-0.1, -0.05) is 36.4 Å². The molecule has 1 N–H and O–H groups in total. The van der Waals surface area contributed by atoms with Crippen LogP contribution in [0.3, 0.4) is 0 Å². The van der Waals surface area contributed by atoms with Gasteiger partial charge in [-0.05, 0) is 24.8 Å². The summed E-state index contributed by atoms with van der Waals surface area (Å²) in [5, 5.41) is 10.8. The van der Waals surface area contributed by atoms with Gasteiger partial charge in [-0.3, -0.25) is 4.79 Å². The number of carbonyl (C=O) groups is 1. The Hall–Kier alpha value is -1.61. The van der Waals surface area contributed by atoms with Gasteiger partial charge in [0.2, 0.25) is 0 Å². The maximum atomic E-state index is 12.6. The zero-order valence-corrected chi connectivity index (χ0v) is 11.1. The third-order valence-corrected chi connectivity index (χ3v) is 3.54. The molecule has 1 amide bonds. The molecule has 1 fully saturated rings. The highest BCUT2D eigenvalue weighted by molar-refractivity contribution is 5.86. The van der Waals surface area contributed by atoms with Gasteiger partial charge in [0, 0.05) is 19.5 Å². The maximum Gasteiger partial charge on any atom is 0.259 e. The van der Waals surface area contributed by atoms with Crippen molar-refractivity contribution >= 4 is 5.91 Å². The van der Waals surface area contributed by atoms with Crippen LogP contribution in [0.5, 0.6) is 0 Å². The predicted octanol–water partition coefficient (Wildman–Crippen LogP) is 2.28. The van der Waals surface area contributed by atoms with Gasteiger partial charge in [-0.15, -0.1) is 6.58 Å². The van der Waals surface area contributed by atoms with Gasteiger partial charge >= 0.3 is 0 Å². The topological polar surface area (TPSA) is 40.5 Å². The fourth-order valence-electron chi connectivity index (χ4n) is 2.47. The van der Waals surface area contributed by atoms with Gasteiger partial charge in [-0.2, -0.15) is 0 Å². The van der Waals surface area contributed by atoms with Gasteiger partial charge in [0.15, 0.2) is 5.60 Å². The number of hydrogen-bond donors (Lipinski definition) is 1. The normalized spacial score (nSPS) is 18.7. The molecular weight excluding hydrogens is 238 g/mol. The molecule has 1 aromatic carbocycles. The molecule has 19 heavy (non-hydrogen) atoms. The van der Waals surface area contributed by atoms with E-state index in [9.17, 15) is 9.90 Å². The second kappa shape index (κ2) is 6.02. The van der Waals surface area contributed by atoms with Crippen LogP contribution < -0.4 is 0 Å². The van der Waals surface area contributed by atoms with E-state index in [2.05, 4.69) is 13.0 Å². The Balaban J connectivity index is 2.27. The van der Waals surface area contributed by atoms with Gasteiger partial charge in [0.25, 0.3) is 5.91 Å². The van der Waals surface area contributed by atoms with Gasteiger partial charge in [0.1, 0.15) is 0 Å². The third kappa shape index (κ3) is 2.87. The second-order valence-corrected chi connectivity index (χ2v) is 4.88. The van der Waals surface area contributed by atoms with Crippen LogP contribution in [0.1, 0.15) is 24.8 Å². The number of rotatable bonds is 4. The highest BCUT2D eigenvalue weighted by Crippen LogP contribution is 2.29. The quantitative estimate of drug-likeness (QED) is 0.842. The molecule has 1 unspecified atom stereocenters. The Labute approximate surface area is 114 Å². The summed E-state index contributed by atoms with van der Waals surface area (Å²) in [6.45, 7) is 5.03. The Morgan fingerprint density at radius 3 is 2.53 bits per heavy atom. The molecule has 1 aliphatic heterocycles. The molecule has 1 radical (unpaired) electrons. The molecule has 0 saturated carbocycles. The van der Waals surface area contributed by atoms with E-state index in [1.54, 1.807) is 23.1 Å². The minimum atomic E-state index is -1.49. The van der Waals surface area contributed by atoms with E-state index in [1.165, 1.54) is 0 Å². The zero-order valence-electron chi connectivity index (χ0n) is 11.1. The van der Waals surface area contributed by atoms with E-state index in [1.807, 2.05) is 18.2 Å². The standard InChI is InChI=1S/C16H20NO2/c1-2-11-16(19,14-9-5-3-6-10-14)15(18)17-12-7-4-8-13-17/h2-6,9-10,19H,1,7-8,11-13H2. The van der Waals surface area contributed by atoms with Crippen molar-refractivity contribution in [3.63, 3.8) is 0 Å². The van der Waals surface area contributed by atoms with Crippen LogP contribution in [0.25, 0.3) is 0 Å². The zero-order chi connectivity index (χ0) is 13.7. The summed E-state index contributed by atoms with van der Waals surface area (Å²) in [5.74, 6) is -0.216. The van der Waals surface area contributed by atoms with Gasteiger partial charge < -0.3 is 10.0 Å². The molecule has 3 nitrogen and oxygen atoms in total. The first-order chi connectivity index (χ1) is 9.18. The molecule has 101 valence electrons. The Morgan fingerprint density at radius 2 is 1.95 bits per heavy atom. The van der Waals surface area contributed by atoms with Gasteiger partial charge in [-0.25, -0.2) is 0 Å². The first kappa shape index (κ1) is 13.8. The molecule has 0 aliphatic carbocycles. The van der Waals surface area contributed by atoms with Gasteiger partial charge in [0.05, 0.1) is 0 Å². The molecule has 3 heteroatoms. The molecule has 1 heterocycles. The lowest BCUT2D eigenvalue weighted by Gasteiger charge is -2.35. The lowest BCUT2D eigenvalue weighted by molar-refractivity contribution is -0.152. The van der Waals surface area contributed by atoms with Crippen molar-refractivity contribution in [2.45, 2.75) is 24.9 Å². The third-order valence-electron chi connectivity index (χ3n) is 3.54. The van der Waals surface area contributed by atoms with Crippen LogP contribution in [0.2, 0.25) is 0 Å². The summed E-state index contributed by atoms with van der Waals surface area (Å²) in [5.41, 5.74) is -0.852. The van der Waals surface area contributed by atoms with E-state index < -0.39 is 5.60 Å². The van der Waals surface area contributed by atoms with Crippen molar-refractivity contribution in [2.75, 3.05) is 13.1 Å². The van der Waals surface area contributed by atoms with Crippen LogP contribution >= 0.6 is 0 Å². The van der Waals surface area contributed by atoms with E-state index in [4.69, 9.17) is 0 Å². The van der Waals surface area contributed by atoms with Crippen LogP contribution in [-0.4, -0.2) is 29.0 Å². The number of likely N-dealkylation sites (tertiary alicyclic amines) is 1. The number of aliphatic hydroxyl groups is 1. The number of amides is 1. The van der Waals surface area contributed by atoms with E-state index in [0.717, 1.165) is 12.8 Å². The van der Waals surface area contributed by atoms with Crippen molar-refractivity contribution in [1.82, 2.24) is 4.90 Å². The van der Waals surface area contributed by atoms with Crippen molar-refractivity contribution in [3.8, 4) is 0 Å². The highest BCUT2D eigenvalue weighted by atomic mass is 16.3. The average molecular weight is 258 g/mol. The number of piperidine rings is 1. The molecule has 0 bridgehead atoms. The second-order valence-electron chi connectivity index (χ2n) is 4.88. The molecule has 2 rings (SSSR count). The largest absolute Gasteiger partial charge is 0.375 e. The van der Waals surface area contributed by atoms with E-state index in [0.29, 0.717) is 18.7 Å². The summed E-state index contributed by atoms with van der Waals surface area (Å²) in [7, 11) is 0. The molecule has 0 spiro atoms. The number of carbonyl (C=O) groups excluding carboxylic acids is 1. The van der Waals surface area contributed by atoms with Crippen LogP contribution in [0.15, 0.2) is 43.0 Å². The molecule has 1 atom stereocenters. The minimum absolute atomic E-state index is 0.216. The maximum absolute atomic E-state index is 12.6. The van der Waals surface area contributed by atoms with Crippen molar-refractivity contribution in [2.24, 2.45) is 0 Å². The lowest BCUT2D eigenvalue weighted by Crippen LogP contribution is -2.48. The fraction of sp³-hybridized carbons (Fsp3) is 0.375. The summed E-state index contributed by atoms with van der Waals surface area (Å²) >= 11 is 0. The highest BCUT2D eigenvalue weighted by Gasteiger charge is 2.39. The van der Waals surface area contributed by atoms with E-state index in [-0.39, 0.29) is 12.3 Å². The van der Waals surface area contributed by atoms with Crippen molar-refractivity contribution in [1.29, 1.82) is 0 Å². The number of hydrogen-bond acceptors (Lipinski definition) is 2. The molecule has 0 aromatic heterocycles. The molecule has 1 aliphatic rings. The monoisotopic (exact) mass is 258 g/mol. The molecule has 1 saturated heterocycles. The first-order valence-electron chi connectivity index (χ1n) is 6.68. The molecule has 1 aromatic rings. The van der Waals surface area contributed by atoms with Crippen molar-refractivity contribution < 1.29 is 9.90 Å². The van der Waals surface area contributed by atoms with Crippen LogP contribution in [0, 0.1) is 6.42 Å². The Morgan fingerprint density at radius 1 is 1.32 bits per heavy atom. The first-order valence-corrected chi connectivity index (χ1v) is 6.68. The Bertz CT molecular complexity index is 437. The summed E-state index contributed by atoms with van der Waals surface area (Å²) in [6.07, 6.45) is 5.80. The van der Waals surface area contributed by atoms with Crippen LogP contribution in [-0.2, 0) is 10.4 Å². The van der Waals surface area contributed by atoms with E-state index >= 15 is 0 Å². The average Bonchev–Trinajstić information content (AvgIpc) is 2.48. The fourth-order valence-corrected chi connectivity index (χ4v) is 2.47. The summed E-state index contributed by atoms with van der Waals surface area (Å²) in [6, 6.07) is 9.12. The Kier molecular flexibility index (Phi) is 4.38. The predicted molar refractivity (Wildman–Crippen MR) is 75.3 cm³/mol. The lowest BCUT2D eigenvalue weighted by atomic mass is 9.88. The molecular formula is C16H20NO2. The van der Waals surface area contributed by atoms with Crippen molar-refractivity contribution in [3.05, 3.63) is 55.0 Å². The number of benzene rings is 1. The summed E-state index contributed by atoms with van der Waals surface area (Å²) < 4.78 is 0. The number of nitrogens with zero attached hydrogens (tertiary/aromatic N) is 1. The smallest absolute Gasteiger partial charge is 0.259 e. The SMILES string of the molecule is C=CCC(O)(C(=O)N1CC[CH]CC1)c1ccccc1. The summed E-state index contributed by atoms with van der Waals surface area (Å²) in [4.78, 5) is 14.4.